The van der Waals surface area contributed by atoms with Gasteiger partial charge in [0, 0.05) is 30.6 Å². The highest BCUT2D eigenvalue weighted by Crippen LogP contribution is 2.34. The Morgan fingerprint density at radius 3 is 2.93 bits per heavy atom. The summed E-state index contributed by atoms with van der Waals surface area (Å²) in [5.41, 5.74) is 1.12. The molecular formula is C19H18F2N6O2. The van der Waals surface area contributed by atoms with Crippen molar-refractivity contribution in [1.82, 2.24) is 30.2 Å². The average molecular weight is 400 g/mol. The Morgan fingerprint density at radius 2 is 2.14 bits per heavy atom. The van der Waals surface area contributed by atoms with Crippen molar-refractivity contribution in [3.8, 4) is 0 Å². The molecule has 1 atom stereocenters. The molecule has 2 amide bonds. The largest absolute Gasteiger partial charge is 0.354 e. The van der Waals surface area contributed by atoms with Gasteiger partial charge in [0.1, 0.15) is 0 Å². The second-order valence-corrected chi connectivity index (χ2v) is 6.96. The van der Waals surface area contributed by atoms with Gasteiger partial charge >= 0.3 is 0 Å². The van der Waals surface area contributed by atoms with Crippen molar-refractivity contribution >= 4 is 22.7 Å². The number of aromatic nitrogens is 4. The standard InChI is InChI=1S/C19H18F2N6O2/c1-22-17(28)16-10-26(25-24-16)9-14-8-19(20,21)11-27(14)18(29)13-4-5-15-12(7-13)3-2-6-23-15/h2-7,10,14H,8-9,11H2,1H3,(H,22,28)/t14-/m0/s1. The fourth-order valence-corrected chi connectivity index (χ4v) is 3.51. The van der Waals surface area contributed by atoms with Crippen LogP contribution >= 0.6 is 0 Å². The molecule has 10 heteroatoms. The summed E-state index contributed by atoms with van der Waals surface area (Å²) >= 11 is 0. The number of alkyl halides is 2. The Morgan fingerprint density at radius 1 is 1.31 bits per heavy atom. The number of pyridine rings is 1. The van der Waals surface area contributed by atoms with Crippen LogP contribution in [0.15, 0.2) is 42.7 Å². The molecule has 150 valence electrons. The summed E-state index contributed by atoms with van der Waals surface area (Å²) in [6.07, 6.45) is 2.54. The lowest BCUT2D eigenvalue weighted by molar-refractivity contribution is 0.0117. The van der Waals surface area contributed by atoms with Crippen LogP contribution in [0.4, 0.5) is 8.78 Å². The van der Waals surface area contributed by atoms with E-state index >= 15 is 0 Å². The summed E-state index contributed by atoms with van der Waals surface area (Å²) in [6, 6.07) is 7.71. The smallest absolute Gasteiger partial charge is 0.273 e. The lowest BCUT2D eigenvalue weighted by Crippen LogP contribution is -2.38. The highest BCUT2D eigenvalue weighted by atomic mass is 19.3. The van der Waals surface area contributed by atoms with E-state index in [1.54, 1.807) is 30.5 Å². The number of benzene rings is 1. The van der Waals surface area contributed by atoms with E-state index in [9.17, 15) is 18.4 Å². The summed E-state index contributed by atoms with van der Waals surface area (Å²) in [7, 11) is 1.46. The number of hydrogen-bond donors (Lipinski definition) is 1. The van der Waals surface area contributed by atoms with E-state index in [-0.39, 0.29) is 12.2 Å². The maximum atomic E-state index is 14.2. The fourth-order valence-electron chi connectivity index (χ4n) is 3.51. The number of hydrogen-bond acceptors (Lipinski definition) is 5. The molecule has 1 aliphatic heterocycles. The number of rotatable bonds is 4. The summed E-state index contributed by atoms with van der Waals surface area (Å²) < 4.78 is 29.6. The second-order valence-electron chi connectivity index (χ2n) is 6.96. The van der Waals surface area contributed by atoms with Gasteiger partial charge in [-0.05, 0) is 24.3 Å². The third-order valence-electron chi connectivity index (χ3n) is 4.88. The molecule has 1 aliphatic rings. The zero-order valence-electron chi connectivity index (χ0n) is 15.5. The fraction of sp³-hybridized carbons (Fsp3) is 0.316. The molecule has 4 rings (SSSR count). The van der Waals surface area contributed by atoms with Gasteiger partial charge in [-0.1, -0.05) is 11.3 Å². The van der Waals surface area contributed by atoms with Crippen LogP contribution in [0, 0.1) is 0 Å². The molecule has 2 aromatic heterocycles. The molecule has 0 aliphatic carbocycles. The zero-order valence-corrected chi connectivity index (χ0v) is 15.5. The number of amides is 2. The second kappa shape index (κ2) is 7.19. The Balaban J connectivity index is 1.58. The van der Waals surface area contributed by atoms with Crippen LogP contribution in [0.1, 0.15) is 27.3 Å². The van der Waals surface area contributed by atoms with Crippen LogP contribution < -0.4 is 5.32 Å². The molecule has 1 aromatic carbocycles. The predicted octanol–water partition coefficient (Wildman–Crippen LogP) is 1.74. The van der Waals surface area contributed by atoms with Crippen LogP contribution in [-0.2, 0) is 6.54 Å². The van der Waals surface area contributed by atoms with Crippen molar-refractivity contribution in [3.63, 3.8) is 0 Å². The first-order valence-corrected chi connectivity index (χ1v) is 9.02. The highest BCUT2D eigenvalue weighted by Gasteiger charge is 2.47. The van der Waals surface area contributed by atoms with E-state index in [1.807, 2.05) is 6.07 Å². The summed E-state index contributed by atoms with van der Waals surface area (Å²) in [5, 5.41) is 10.7. The molecule has 0 spiro atoms. The maximum Gasteiger partial charge on any atom is 0.273 e. The van der Waals surface area contributed by atoms with E-state index in [2.05, 4.69) is 20.6 Å². The van der Waals surface area contributed by atoms with E-state index in [0.29, 0.717) is 5.56 Å². The first-order chi connectivity index (χ1) is 13.9. The van der Waals surface area contributed by atoms with Crippen molar-refractivity contribution in [3.05, 3.63) is 54.0 Å². The quantitative estimate of drug-likeness (QED) is 0.720. The van der Waals surface area contributed by atoms with Crippen LogP contribution in [0.3, 0.4) is 0 Å². The van der Waals surface area contributed by atoms with Gasteiger partial charge in [-0.2, -0.15) is 0 Å². The summed E-state index contributed by atoms with van der Waals surface area (Å²) in [5.74, 6) is -3.90. The maximum absolute atomic E-state index is 14.2. The molecule has 1 fully saturated rings. The van der Waals surface area contributed by atoms with Gasteiger partial charge in [-0.3, -0.25) is 14.6 Å². The molecule has 3 heterocycles. The van der Waals surface area contributed by atoms with Gasteiger partial charge in [0.2, 0.25) is 0 Å². The van der Waals surface area contributed by atoms with Crippen molar-refractivity contribution in [2.75, 3.05) is 13.6 Å². The van der Waals surface area contributed by atoms with Crippen LogP contribution in [0.25, 0.3) is 10.9 Å². The molecule has 29 heavy (non-hydrogen) atoms. The van der Waals surface area contributed by atoms with Gasteiger partial charge in [-0.25, -0.2) is 13.5 Å². The Hall–Kier alpha value is -3.43. The van der Waals surface area contributed by atoms with E-state index < -0.39 is 36.7 Å². The highest BCUT2D eigenvalue weighted by molar-refractivity contribution is 5.98. The molecule has 0 radical (unpaired) electrons. The third-order valence-corrected chi connectivity index (χ3v) is 4.88. The van der Waals surface area contributed by atoms with Crippen LogP contribution in [0.5, 0.6) is 0 Å². The average Bonchev–Trinajstić information content (AvgIpc) is 3.30. The number of fused-ring (bicyclic) bond motifs is 1. The number of likely N-dealkylation sites (tertiary alicyclic amines) is 1. The Labute approximate surface area is 164 Å². The lowest BCUT2D eigenvalue weighted by atomic mass is 10.1. The first-order valence-electron chi connectivity index (χ1n) is 9.02. The minimum Gasteiger partial charge on any atom is -0.354 e. The molecule has 1 N–H and O–H groups in total. The summed E-state index contributed by atoms with van der Waals surface area (Å²) in [4.78, 5) is 30.0. The van der Waals surface area contributed by atoms with E-state index in [0.717, 1.165) is 10.9 Å². The van der Waals surface area contributed by atoms with Crippen molar-refractivity contribution in [1.29, 1.82) is 0 Å². The van der Waals surface area contributed by atoms with Crippen LogP contribution in [-0.4, -0.2) is 62.2 Å². The normalized spacial score (nSPS) is 18.2. The van der Waals surface area contributed by atoms with E-state index in [4.69, 9.17) is 0 Å². The van der Waals surface area contributed by atoms with Crippen molar-refractivity contribution in [2.45, 2.75) is 24.9 Å². The first kappa shape index (κ1) is 18.9. The van der Waals surface area contributed by atoms with Gasteiger partial charge in [-0.15, -0.1) is 5.10 Å². The van der Waals surface area contributed by atoms with Gasteiger partial charge < -0.3 is 10.2 Å². The minimum absolute atomic E-state index is 0.0143. The number of halogens is 2. The third kappa shape index (κ3) is 3.78. The van der Waals surface area contributed by atoms with Gasteiger partial charge in [0.25, 0.3) is 17.7 Å². The molecule has 0 unspecified atom stereocenters. The van der Waals surface area contributed by atoms with Gasteiger partial charge in [0.15, 0.2) is 5.69 Å². The van der Waals surface area contributed by atoms with Crippen molar-refractivity contribution < 1.29 is 18.4 Å². The SMILES string of the molecule is CNC(=O)c1cn(C[C@@H]2CC(F)(F)CN2C(=O)c2ccc3ncccc3c2)nn1. The molecule has 1 saturated heterocycles. The minimum atomic E-state index is -3.00. The number of nitrogens with one attached hydrogen (secondary N) is 1. The Bertz CT molecular complexity index is 1080. The molecular weight excluding hydrogens is 382 g/mol. The van der Waals surface area contributed by atoms with Gasteiger partial charge in [0.05, 0.1) is 30.8 Å². The monoisotopic (exact) mass is 400 g/mol. The molecule has 0 bridgehead atoms. The molecule has 0 saturated carbocycles. The lowest BCUT2D eigenvalue weighted by Gasteiger charge is -2.24. The van der Waals surface area contributed by atoms with Crippen LogP contribution in [0.2, 0.25) is 0 Å². The summed E-state index contributed by atoms with van der Waals surface area (Å²) in [6.45, 7) is -0.654. The Kier molecular flexibility index (Phi) is 4.69. The number of nitrogens with zero attached hydrogens (tertiary/aromatic N) is 5. The number of carbonyl (C=O) groups is 2. The topological polar surface area (TPSA) is 93.0 Å². The zero-order chi connectivity index (χ0) is 20.6. The molecule has 8 nitrogen and oxygen atoms in total. The van der Waals surface area contributed by atoms with Crippen molar-refractivity contribution in [2.24, 2.45) is 0 Å². The number of carbonyl (C=O) groups excluding carboxylic acids is 2. The predicted molar refractivity (Wildman–Crippen MR) is 99.5 cm³/mol. The molecule has 3 aromatic rings. The van der Waals surface area contributed by atoms with E-state index in [1.165, 1.54) is 22.8 Å².